The van der Waals surface area contributed by atoms with Crippen LogP contribution in [0.4, 0.5) is 0 Å². The van der Waals surface area contributed by atoms with E-state index >= 15 is 0 Å². The largest absolute Gasteiger partial charge is 0.494 e. The number of benzene rings is 2. The first-order valence-corrected chi connectivity index (χ1v) is 8.38. The molecule has 0 saturated heterocycles. The standard InChI is InChI=1S/C19H17N3O3S/c23-12-11-20-13-16-17(24)21(14-7-3-1-4-8-14)19(26)22(18(16)25)15-9-5-2-6-10-15/h1-10,13,23-24H,11-12H2. The van der Waals surface area contributed by atoms with Gasteiger partial charge in [0.25, 0.3) is 5.56 Å². The second-order valence-corrected chi connectivity index (χ2v) is 5.79. The van der Waals surface area contributed by atoms with Crippen molar-refractivity contribution in [3.8, 4) is 17.3 Å². The molecule has 0 aliphatic heterocycles. The lowest BCUT2D eigenvalue weighted by atomic mass is 10.2. The van der Waals surface area contributed by atoms with Gasteiger partial charge in [0.1, 0.15) is 5.56 Å². The highest BCUT2D eigenvalue weighted by Gasteiger charge is 2.17. The van der Waals surface area contributed by atoms with E-state index in [0.29, 0.717) is 11.4 Å². The van der Waals surface area contributed by atoms with Crippen LogP contribution < -0.4 is 5.56 Å². The fraction of sp³-hybridized carbons (Fsp3) is 0.105. The molecule has 0 aliphatic rings. The third-order valence-electron chi connectivity index (χ3n) is 3.75. The molecule has 3 rings (SSSR count). The average molecular weight is 367 g/mol. The van der Waals surface area contributed by atoms with E-state index in [1.54, 1.807) is 36.4 Å². The molecule has 0 aliphatic carbocycles. The molecule has 6 nitrogen and oxygen atoms in total. The van der Waals surface area contributed by atoms with Crippen molar-refractivity contribution in [3.63, 3.8) is 0 Å². The quantitative estimate of drug-likeness (QED) is 0.536. The molecule has 7 heteroatoms. The van der Waals surface area contributed by atoms with E-state index in [9.17, 15) is 9.90 Å². The maximum absolute atomic E-state index is 13.0. The summed E-state index contributed by atoms with van der Waals surface area (Å²) in [5.74, 6) is -0.292. The Bertz CT molecular complexity index is 1040. The predicted molar refractivity (Wildman–Crippen MR) is 103 cm³/mol. The average Bonchev–Trinajstić information content (AvgIpc) is 2.66. The van der Waals surface area contributed by atoms with Crippen molar-refractivity contribution in [3.05, 3.63) is 81.4 Å². The minimum atomic E-state index is -0.479. The number of aliphatic hydroxyl groups is 1. The predicted octanol–water partition coefficient (Wildman–Crippen LogP) is 2.47. The van der Waals surface area contributed by atoms with Crippen molar-refractivity contribution in [1.82, 2.24) is 9.13 Å². The molecule has 0 saturated carbocycles. The SMILES string of the molecule is O=c1c(C=NCCO)c(O)n(-c2ccccc2)c(=S)n1-c1ccccc1. The molecule has 0 spiro atoms. The van der Waals surface area contributed by atoms with Crippen LogP contribution in [0.3, 0.4) is 0 Å². The van der Waals surface area contributed by atoms with E-state index in [1.807, 2.05) is 24.3 Å². The fourth-order valence-corrected chi connectivity index (χ4v) is 2.94. The maximum atomic E-state index is 13.0. The van der Waals surface area contributed by atoms with Crippen LogP contribution in [-0.4, -0.2) is 38.7 Å². The Morgan fingerprint density at radius 3 is 2.04 bits per heavy atom. The van der Waals surface area contributed by atoms with Gasteiger partial charge in [-0.3, -0.25) is 18.9 Å². The summed E-state index contributed by atoms with van der Waals surface area (Å²) in [6.07, 6.45) is 1.27. The first-order valence-electron chi connectivity index (χ1n) is 7.97. The van der Waals surface area contributed by atoms with Gasteiger partial charge in [-0.1, -0.05) is 36.4 Å². The highest BCUT2D eigenvalue weighted by Crippen LogP contribution is 2.21. The second kappa shape index (κ2) is 7.90. The zero-order valence-corrected chi connectivity index (χ0v) is 14.6. The number of aromatic nitrogens is 2. The lowest BCUT2D eigenvalue weighted by Crippen LogP contribution is -2.27. The Labute approximate surface area is 155 Å². The van der Waals surface area contributed by atoms with E-state index in [2.05, 4.69) is 4.99 Å². The maximum Gasteiger partial charge on any atom is 0.271 e. The molecule has 0 unspecified atom stereocenters. The molecule has 0 radical (unpaired) electrons. The van der Waals surface area contributed by atoms with E-state index in [-0.39, 0.29) is 29.4 Å². The van der Waals surface area contributed by atoms with Crippen molar-refractivity contribution in [2.24, 2.45) is 4.99 Å². The summed E-state index contributed by atoms with van der Waals surface area (Å²) in [5.41, 5.74) is 0.729. The minimum absolute atomic E-state index is 0.000226. The van der Waals surface area contributed by atoms with Gasteiger partial charge in [0.2, 0.25) is 5.88 Å². The smallest absolute Gasteiger partial charge is 0.271 e. The Hall–Kier alpha value is -3.03. The van der Waals surface area contributed by atoms with Gasteiger partial charge in [-0.25, -0.2) is 0 Å². The van der Waals surface area contributed by atoms with E-state index in [4.69, 9.17) is 17.3 Å². The van der Waals surface area contributed by atoms with E-state index < -0.39 is 5.56 Å². The number of para-hydroxylation sites is 2. The molecule has 0 fully saturated rings. The number of aliphatic imine (C=N–C) groups is 1. The number of hydrogen-bond acceptors (Lipinski definition) is 5. The summed E-state index contributed by atoms with van der Waals surface area (Å²) in [6.45, 7) is -0.0207. The van der Waals surface area contributed by atoms with E-state index in [0.717, 1.165) is 0 Å². The van der Waals surface area contributed by atoms with E-state index in [1.165, 1.54) is 15.3 Å². The Kier molecular flexibility index (Phi) is 5.40. The van der Waals surface area contributed by atoms with Gasteiger partial charge in [-0.2, -0.15) is 0 Å². The molecule has 2 aromatic carbocycles. The molecule has 3 aromatic rings. The molecular formula is C19H17N3O3S. The van der Waals surface area contributed by atoms with Crippen molar-refractivity contribution < 1.29 is 10.2 Å². The van der Waals surface area contributed by atoms with Gasteiger partial charge in [0, 0.05) is 6.21 Å². The first kappa shape index (κ1) is 17.8. The van der Waals surface area contributed by atoms with Crippen LogP contribution in [0.1, 0.15) is 5.56 Å². The molecule has 0 amide bonds. The van der Waals surface area contributed by atoms with Crippen molar-refractivity contribution in [2.75, 3.05) is 13.2 Å². The number of hydrogen-bond donors (Lipinski definition) is 2. The molecule has 1 aromatic heterocycles. The molecule has 1 heterocycles. The molecule has 2 N–H and O–H groups in total. The van der Waals surface area contributed by atoms with Gasteiger partial charge in [-0.05, 0) is 36.5 Å². The molecule has 132 valence electrons. The summed E-state index contributed by atoms with van der Waals surface area (Å²) in [5, 5.41) is 19.6. The highest BCUT2D eigenvalue weighted by molar-refractivity contribution is 7.71. The van der Waals surface area contributed by atoms with Gasteiger partial charge < -0.3 is 10.2 Å². The summed E-state index contributed by atoms with van der Waals surface area (Å²) in [7, 11) is 0. The van der Waals surface area contributed by atoms with Crippen LogP contribution in [0, 0.1) is 4.77 Å². The molecular weight excluding hydrogens is 350 g/mol. The zero-order valence-electron chi connectivity index (χ0n) is 13.8. The van der Waals surface area contributed by atoms with Crippen molar-refractivity contribution in [2.45, 2.75) is 0 Å². The minimum Gasteiger partial charge on any atom is -0.494 e. The first-order chi connectivity index (χ1) is 12.6. The fourth-order valence-electron chi connectivity index (χ4n) is 2.56. The number of nitrogens with zero attached hydrogens (tertiary/aromatic N) is 3. The third kappa shape index (κ3) is 3.35. The van der Waals surface area contributed by atoms with Crippen LogP contribution in [0.5, 0.6) is 5.88 Å². The van der Waals surface area contributed by atoms with Gasteiger partial charge in [-0.15, -0.1) is 0 Å². The second-order valence-electron chi connectivity index (χ2n) is 5.43. The summed E-state index contributed by atoms with van der Waals surface area (Å²) in [6, 6.07) is 18.0. The van der Waals surface area contributed by atoms with Crippen LogP contribution >= 0.6 is 12.2 Å². The van der Waals surface area contributed by atoms with Gasteiger partial charge >= 0.3 is 0 Å². The lowest BCUT2D eigenvalue weighted by Gasteiger charge is -2.16. The number of aromatic hydroxyl groups is 1. The van der Waals surface area contributed by atoms with Crippen LogP contribution in [-0.2, 0) is 0 Å². The highest BCUT2D eigenvalue weighted by atomic mass is 32.1. The monoisotopic (exact) mass is 367 g/mol. The van der Waals surface area contributed by atoms with Crippen molar-refractivity contribution in [1.29, 1.82) is 0 Å². The normalized spacial score (nSPS) is 11.1. The zero-order chi connectivity index (χ0) is 18.5. The Morgan fingerprint density at radius 2 is 1.50 bits per heavy atom. The van der Waals surface area contributed by atoms with Gasteiger partial charge in [0.15, 0.2) is 4.77 Å². The Morgan fingerprint density at radius 1 is 0.962 bits per heavy atom. The third-order valence-corrected chi connectivity index (χ3v) is 4.11. The summed E-state index contributed by atoms with van der Waals surface area (Å²) >= 11 is 5.51. The number of rotatable bonds is 5. The van der Waals surface area contributed by atoms with Crippen LogP contribution in [0.2, 0.25) is 0 Å². The lowest BCUT2D eigenvalue weighted by molar-refractivity contribution is 0.307. The summed E-state index contributed by atoms with van der Waals surface area (Å²) in [4.78, 5) is 16.9. The molecule has 0 bridgehead atoms. The Balaban J connectivity index is 2.37. The van der Waals surface area contributed by atoms with Crippen LogP contribution in [0.25, 0.3) is 11.4 Å². The topological polar surface area (TPSA) is 79.8 Å². The van der Waals surface area contributed by atoms with Crippen molar-refractivity contribution >= 4 is 18.4 Å². The number of aliphatic hydroxyl groups excluding tert-OH is 1. The van der Waals surface area contributed by atoms with Crippen LogP contribution in [0.15, 0.2) is 70.5 Å². The summed E-state index contributed by atoms with van der Waals surface area (Å²) < 4.78 is 2.91. The molecule has 26 heavy (non-hydrogen) atoms. The van der Waals surface area contributed by atoms with Gasteiger partial charge in [0.05, 0.1) is 24.5 Å². The molecule has 0 atom stereocenters.